The molecule has 0 bridgehead atoms. The van der Waals surface area contributed by atoms with Crippen molar-refractivity contribution in [1.82, 2.24) is 29.9 Å². The second-order valence-electron chi connectivity index (χ2n) is 4.22. The lowest BCUT2D eigenvalue weighted by Gasteiger charge is -2.05. The van der Waals surface area contributed by atoms with Crippen LogP contribution >= 0.6 is 0 Å². The van der Waals surface area contributed by atoms with Gasteiger partial charge in [0, 0.05) is 31.9 Å². The van der Waals surface area contributed by atoms with Crippen molar-refractivity contribution in [3.05, 3.63) is 29.6 Å². The molecule has 0 saturated heterocycles. The van der Waals surface area contributed by atoms with Crippen LogP contribution in [0.15, 0.2) is 12.5 Å². The Hall–Kier alpha value is -1.69. The van der Waals surface area contributed by atoms with Gasteiger partial charge in [0.05, 0.1) is 12.2 Å². The number of hydrogen-bond acceptors (Lipinski definition) is 4. The quantitative estimate of drug-likeness (QED) is 0.824. The van der Waals surface area contributed by atoms with Gasteiger partial charge in [-0.15, -0.1) is 0 Å². The van der Waals surface area contributed by atoms with E-state index in [2.05, 4.69) is 40.5 Å². The van der Waals surface area contributed by atoms with Crippen molar-refractivity contribution >= 4 is 0 Å². The zero-order chi connectivity index (χ0) is 13.0. The van der Waals surface area contributed by atoms with Crippen molar-refractivity contribution in [1.29, 1.82) is 0 Å². The van der Waals surface area contributed by atoms with Gasteiger partial charge >= 0.3 is 0 Å². The number of rotatable bonds is 6. The van der Waals surface area contributed by atoms with Gasteiger partial charge in [-0.1, -0.05) is 6.92 Å². The minimum atomic E-state index is 0.728. The Kier molecular flexibility index (Phi) is 4.09. The van der Waals surface area contributed by atoms with E-state index in [1.165, 1.54) is 5.56 Å². The summed E-state index contributed by atoms with van der Waals surface area (Å²) < 4.78 is 3.77. The molecule has 2 rings (SSSR count). The lowest BCUT2D eigenvalue weighted by molar-refractivity contribution is 0.571. The summed E-state index contributed by atoms with van der Waals surface area (Å²) in [5, 5.41) is 12.0. The number of nitrogens with zero attached hydrogens (tertiary/aromatic N) is 5. The number of nitrogens with one attached hydrogen (secondary N) is 1. The summed E-state index contributed by atoms with van der Waals surface area (Å²) in [6.45, 7) is 6.58. The predicted molar refractivity (Wildman–Crippen MR) is 68.8 cm³/mol. The zero-order valence-corrected chi connectivity index (χ0v) is 11.2. The largest absolute Gasteiger partial charge is 0.306 e. The van der Waals surface area contributed by atoms with E-state index in [-0.39, 0.29) is 0 Å². The predicted octanol–water partition coefficient (Wildman–Crippen LogP) is 0.884. The molecule has 0 spiro atoms. The van der Waals surface area contributed by atoms with Crippen molar-refractivity contribution < 1.29 is 0 Å². The highest BCUT2D eigenvalue weighted by molar-refractivity contribution is 5.16. The fraction of sp³-hybridized carbons (Fsp3) is 0.583. The number of hydrogen-bond donors (Lipinski definition) is 1. The van der Waals surface area contributed by atoms with E-state index in [4.69, 9.17) is 0 Å². The molecule has 0 aliphatic heterocycles. The summed E-state index contributed by atoms with van der Waals surface area (Å²) in [7, 11) is 1.95. The molecule has 0 amide bonds. The molecule has 2 aromatic heterocycles. The number of aromatic nitrogens is 5. The molecule has 6 nitrogen and oxygen atoms in total. The third kappa shape index (κ3) is 2.76. The van der Waals surface area contributed by atoms with Crippen LogP contribution in [-0.4, -0.2) is 24.5 Å². The van der Waals surface area contributed by atoms with Crippen molar-refractivity contribution in [2.45, 2.75) is 39.9 Å². The van der Waals surface area contributed by atoms with Gasteiger partial charge in [0.1, 0.15) is 12.2 Å². The zero-order valence-electron chi connectivity index (χ0n) is 11.2. The molecule has 0 aliphatic rings. The third-order valence-electron chi connectivity index (χ3n) is 2.92. The lowest BCUT2D eigenvalue weighted by Crippen LogP contribution is -2.17. The SMILES string of the molecule is CCc1nn(C)cc1CNCc1ncnn1CC. The maximum Gasteiger partial charge on any atom is 0.140 e. The molecule has 0 atom stereocenters. The summed E-state index contributed by atoms with van der Waals surface area (Å²) in [6.07, 6.45) is 4.63. The van der Waals surface area contributed by atoms with Crippen molar-refractivity contribution in [3.8, 4) is 0 Å². The van der Waals surface area contributed by atoms with E-state index in [0.29, 0.717) is 0 Å². The Bertz CT molecular complexity index is 498. The average molecular weight is 248 g/mol. The third-order valence-corrected chi connectivity index (χ3v) is 2.92. The Balaban J connectivity index is 1.92. The summed E-state index contributed by atoms with van der Waals surface area (Å²) >= 11 is 0. The minimum Gasteiger partial charge on any atom is -0.306 e. The molecule has 0 fully saturated rings. The fourth-order valence-corrected chi connectivity index (χ4v) is 2.03. The minimum absolute atomic E-state index is 0.728. The van der Waals surface area contributed by atoms with Crippen LogP contribution in [0.1, 0.15) is 30.9 Å². The molecular weight excluding hydrogens is 228 g/mol. The molecule has 2 heterocycles. The molecule has 98 valence electrons. The highest BCUT2D eigenvalue weighted by Crippen LogP contribution is 2.06. The molecule has 0 unspecified atom stereocenters. The van der Waals surface area contributed by atoms with Crippen LogP contribution in [0.4, 0.5) is 0 Å². The molecular formula is C12H20N6. The van der Waals surface area contributed by atoms with Crippen LogP contribution < -0.4 is 5.32 Å². The lowest BCUT2D eigenvalue weighted by atomic mass is 10.2. The van der Waals surface area contributed by atoms with Crippen LogP contribution in [0.5, 0.6) is 0 Å². The van der Waals surface area contributed by atoms with Crippen molar-refractivity contribution in [2.24, 2.45) is 7.05 Å². The Morgan fingerprint density at radius 1 is 1.28 bits per heavy atom. The number of aryl methyl sites for hydroxylation is 3. The van der Waals surface area contributed by atoms with Gasteiger partial charge in [-0.25, -0.2) is 9.67 Å². The molecule has 0 saturated carbocycles. The summed E-state index contributed by atoms with van der Waals surface area (Å²) in [5.41, 5.74) is 2.41. The maximum absolute atomic E-state index is 4.42. The normalized spacial score (nSPS) is 11.1. The second-order valence-corrected chi connectivity index (χ2v) is 4.22. The first-order valence-corrected chi connectivity index (χ1v) is 6.33. The molecule has 18 heavy (non-hydrogen) atoms. The standard InChI is InChI=1S/C12H20N6/c1-4-11-10(8-17(3)16-11)6-13-7-12-14-9-15-18(12)5-2/h8-9,13H,4-7H2,1-3H3. The van der Waals surface area contributed by atoms with Crippen LogP contribution in [0.2, 0.25) is 0 Å². The van der Waals surface area contributed by atoms with E-state index in [1.807, 2.05) is 16.4 Å². The van der Waals surface area contributed by atoms with Gasteiger partial charge in [0.2, 0.25) is 0 Å². The average Bonchev–Trinajstić information content (AvgIpc) is 2.95. The Morgan fingerprint density at radius 3 is 2.83 bits per heavy atom. The van der Waals surface area contributed by atoms with Crippen LogP contribution in [-0.2, 0) is 33.1 Å². The van der Waals surface area contributed by atoms with Gasteiger partial charge in [-0.05, 0) is 13.3 Å². The van der Waals surface area contributed by atoms with Gasteiger partial charge in [-0.3, -0.25) is 4.68 Å². The van der Waals surface area contributed by atoms with Crippen LogP contribution in [0, 0.1) is 0 Å². The van der Waals surface area contributed by atoms with Gasteiger partial charge < -0.3 is 5.32 Å². The van der Waals surface area contributed by atoms with Gasteiger partial charge in [0.25, 0.3) is 0 Å². The van der Waals surface area contributed by atoms with Crippen molar-refractivity contribution in [3.63, 3.8) is 0 Å². The second kappa shape index (κ2) is 5.77. The fourth-order valence-electron chi connectivity index (χ4n) is 2.03. The summed E-state index contributed by atoms with van der Waals surface area (Å²) in [6, 6.07) is 0. The van der Waals surface area contributed by atoms with E-state index in [9.17, 15) is 0 Å². The smallest absolute Gasteiger partial charge is 0.140 e. The summed E-state index contributed by atoms with van der Waals surface area (Å²) in [4.78, 5) is 4.23. The molecule has 2 aromatic rings. The van der Waals surface area contributed by atoms with E-state index < -0.39 is 0 Å². The Morgan fingerprint density at radius 2 is 2.11 bits per heavy atom. The highest BCUT2D eigenvalue weighted by Gasteiger charge is 2.06. The maximum atomic E-state index is 4.42. The molecule has 6 heteroatoms. The van der Waals surface area contributed by atoms with Crippen molar-refractivity contribution in [2.75, 3.05) is 0 Å². The molecule has 1 N–H and O–H groups in total. The first kappa shape index (κ1) is 12.8. The molecule has 0 aromatic carbocycles. The molecule has 0 radical (unpaired) electrons. The van der Waals surface area contributed by atoms with Crippen LogP contribution in [0.3, 0.4) is 0 Å². The van der Waals surface area contributed by atoms with E-state index in [0.717, 1.165) is 37.6 Å². The molecule has 0 aliphatic carbocycles. The first-order chi connectivity index (χ1) is 8.74. The van der Waals surface area contributed by atoms with Crippen LogP contribution in [0.25, 0.3) is 0 Å². The first-order valence-electron chi connectivity index (χ1n) is 6.33. The highest BCUT2D eigenvalue weighted by atomic mass is 15.3. The topological polar surface area (TPSA) is 60.6 Å². The monoisotopic (exact) mass is 248 g/mol. The summed E-state index contributed by atoms with van der Waals surface area (Å²) in [5.74, 6) is 0.972. The van der Waals surface area contributed by atoms with E-state index in [1.54, 1.807) is 6.33 Å². The van der Waals surface area contributed by atoms with E-state index >= 15 is 0 Å². The van der Waals surface area contributed by atoms with Gasteiger partial charge in [0.15, 0.2) is 0 Å². The van der Waals surface area contributed by atoms with Gasteiger partial charge in [-0.2, -0.15) is 10.2 Å². The Labute approximate surface area is 107 Å².